The third-order valence-corrected chi connectivity index (χ3v) is 4.53. The van der Waals surface area contributed by atoms with E-state index in [1.807, 2.05) is 109 Å². The molecular formula is C26H23N5O. The first-order valence-electron chi connectivity index (χ1n) is 10.2. The number of ether oxygens (including phenoxy) is 1. The monoisotopic (exact) mass is 421 g/mol. The minimum atomic E-state index is 0.156. The largest absolute Gasteiger partial charge is 0.489 e. The molecule has 0 amide bonds. The van der Waals surface area contributed by atoms with Crippen LogP contribution >= 0.6 is 0 Å². The van der Waals surface area contributed by atoms with E-state index in [4.69, 9.17) is 10.1 Å². The lowest BCUT2D eigenvalue weighted by Gasteiger charge is -2.12. The van der Waals surface area contributed by atoms with Gasteiger partial charge in [0.1, 0.15) is 12.4 Å². The summed E-state index contributed by atoms with van der Waals surface area (Å²) in [6.45, 7) is 0.494. The van der Waals surface area contributed by atoms with Crippen LogP contribution in [0.2, 0.25) is 0 Å². The molecule has 0 atom stereocenters. The van der Waals surface area contributed by atoms with Gasteiger partial charge in [-0.25, -0.2) is 0 Å². The molecule has 6 nitrogen and oxygen atoms in total. The zero-order valence-corrected chi connectivity index (χ0v) is 17.4. The number of hydrogen-bond acceptors (Lipinski definition) is 4. The number of guanidine groups is 1. The summed E-state index contributed by atoms with van der Waals surface area (Å²) in [6, 6.07) is 34.5. The van der Waals surface area contributed by atoms with Gasteiger partial charge in [0.15, 0.2) is 5.96 Å². The Morgan fingerprint density at radius 2 is 1.28 bits per heavy atom. The molecule has 0 saturated heterocycles. The van der Waals surface area contributed by atoms with Crippen molar-refractivity contribution in [1.29, 1.82) is 5.41 Å². The van der Waals surface area contributed by atoms with E-state index < -0.39 is 0 Å². The molecule has 0 saturated carbocycles. The number of hydrogen-bond donors (Lipinski definition) is 3. The standard InChI is InChI=1S/C26H23N5O/c27-26(28-21-14-16-23(17-15-21)31-30-22-10-5-2-6-11-22)29-24-12-7-13-25(18-24)32-19-20-8-3-1-4-9-20/h1-18H,19H2,(H3,27,28,29)/b31-30+. The zero-order chi connectivity index (χ0) is 22.0. The fourth-order valence-electron chi connectivity index (χ4n) is 2.95. The second-order valence-electron chi connectivity index (χ2n) is 7.01. The van der Waals surface area contributed by atoms with Gasteiger partial charge in [-0.3, -0.25) is 5.41 Å². The molecule has 0 spiro atoms. The first-order valence-corrected chi connectivity index (χ1v) is 10.2. The molecule has 0 aliphatic rings. The summed E-state index contributed by atoms with van der Waals surface area (Å²) in [7, 11) is 0. The molecule has 0 aliphatic heterocycles. The molecule has 0 aliphatic carbocycles. The molecule has 4 aromatic carbocycles. The molecule has 3 N–H and O–H groups in total. The molecule has 0 heterocycles. The Hall–Kier alpha value is -4.45. The highest BCUT2D eigenvalue weighted by atomic mass is 16.5. The molecule has 0 bridgehead atoms. The maximum absolute atomic E-state index is 8.21. The number of nitrogens with zero attached hydrogens (tertiary/aromatic N) is 2. The fraction of sp³-hybridized carbons (Fsp3) is 0.0385. The Kier molecular flexibility index (Phi) is 6.85. The van der Waals surface area contributed by atoms with Gasteiger partial charge in [0.2, 0.25) is 0 Å². The lowest BCUT2D eigenvalue weighted by atomic mass is 10.2. The lowest BCUT2D eigenvalue weighted by molar-refractivity contribution is 0.306. The summed E-state index contributed by atoms with van der Waals surface area (Å²) >= 11 is 0. The van der Waals surface area contributed by atoms with E-state index in [-0.39, 0.29) is 5.96 Å². The molecule has 0 aromatic heterocycles. The van der Waals surface area contributed by atoms with E-state index >= 15 is 0 Å². The second kappa shape index (κ2) is 10.5. The predicted molar refractivity (Wildman–Crippen MR) is 129 cm³/mol. The van der Waals surface area contributed by atoms with Crippen molar-refractivity contribution in [1.82, 2.24) is 0 Å². The van der Waals surface area contributed by atoms with E-state index in [0.717, 1.165) is 34.1 Å². The van der Waals surface area contributed by atoms with Crippen LogP contribution < -0.4 is 15.4 Å². The fourth-order valence-corrected chi connectivity index (χ4v) is 2.95. The molecule has 0 radical (unpaired) electrons. The summed E-state index contributed by atoms with van der Waals surface area (Å²) in [4.78, 5) is 0. The molecule has 4 aromatic rings. The Labute approximate surface area is 187 Å². The molecular weight excluding hydrogens is 398 g/mol. The van der Waals surface area contributed by atoms with Gasteiger partial charge in [-0.05, 0) is 54.1 Å². The summed E-state index contributed by atoms with van der Waals surface area (Å²) in [5.41, 5.74) is 4.18. The first-order chi connectivity index (χ1) is 15.7. The van der Waals surface area contributed by atoms with Crippen molar-refractivity contribution in [3.63, 3.8) is 0 Å². The molecule has 4 rings (SSSR count). The highest BCUT2D eigenvalue weighted by molar-refractivity contribution is 6.01. The van der Waals surface area contributed by atoms with Crippen LogP contribution in [0.25, 0.3) is 0 Å². The van der Waals surface area contributed by atoms with Gasteiger partial charge in [0.25, 0.3) is 0 Å². The minimum Gasteiger partial charge on any atom is -0.489 e. The van der Waals surface area contributed by atoms with Crippen LogP contribution in [0, 0.1) is 5.41 Å². The van der Waals surface area contributed by atoms with E-state index in [1.165, 1.54) is 0 Å². The van der Waals surface area contributed by atoms with Gasteiger partial charge < -0.3 is 15.4 Å². The van der Waals surface area contributed by atoms with Crippen LogP contribution in [0.15, 0.2) is 119 Å². The van der Waals surface area contributed by atoms with E-state index in [0.29, 0.717) is 6.61 Å². The van der Waals surface area contributed by atoms with Gasteiger partial charge in [-0.1, -0.05) is 54.6 Å². The van der Waals surface area contributed by atoms with Crippen LogP contribution in [0.1, 0.15) is 5.56 Å². The Bertz CT molecular complexity index is 1180. The Morgan fingerprint density at radius 1 is 0.656 bits per heavy atom. The molecule has 0 unspecified atom stereocenters. The zero-order valence-electron chi connectivity index (χ0n) is 17.4. The lowest BCUT2D eigenvalue weighted by Crippen LogP contribution is -2.20. The van der Waals surface area contributed by atoms with Gasteiger partial charge in [-0.2, -0.15) is 10.2 Å². The molecule has 158 valence electrons. The van der Waals surface area contributed by atoms with Crippen molar-refractivity contribution in [3.8, 4) is 5.75 Å². The molecule has 6 heteroatoms. The average Bonchev–Trinajstić information content (AvgIpc) is 2.84. The van der Waals surface area contributed by atoms with Crippen molar-refractivity contribution in [3.05, 3.63) is 115 Å². The summed E-state index contributed by atoms with van der Waals surface area (Å²) in [5, 5.41) is 22.7. The second-order valence-corrected chi connectivity index (χ2v) is 7.01. The Morgan fingerprint density at radius 3 is 2.00 bits per heavy atom. The number of benzene rings is 4. The van der Waals surface area contributed by atoms with E-state index in [2.05, 4.69) is 20.9 Å². The minimum absolute atomic E-state index is 0.156. The van der Waals surface area contributed by atoms with Crippen molar-refractivity contribution < 1.29 is 4.74 Å². The highest BCUT2D eigenvalue weighted by Gasteiger charge is 2.02. The smallest absolute Gasteiger partial charge is 0.197 e. The maximum Gasteiger partial charge on any atom is 0.197 e. The number of anilines is 2. The molecule has 0 fully saturated rings. The summed E-state index contributed by atoms with van der Waals surface area (Å²) < 4.78 is 5.85. The molecule has 32 heavy (non-hydrogen) atoms. The van der Waals surface area contributed by atoms with E-state index in [9.17, 15) is 0 Å². The third-order valence-electron chi connectivity index (χ3n) is 4.53. The maximum atomic E-state index is 8.21. The quantitative estimate of drug-likeness (QED) is 0.168. The van der Waals surface area contributed by atoms with Gasteiger partial charge in [-0.15, -0.1) is 0 Å². The third kappa shape index (κ3) is 6.27. The SMILES string of the molecule is N=C(Nc1ccc(/N=N/c2ccccc2)cc1)Nc1cccc(OCc2ccccc2)c1. The van der Waals surface area contributed by atoms with Gasteiger partial charge in [0, 0.05) is 17.4 Å². The average molecular weight is 422 g/mol. The van der Waals surface area contributed by atoms with Crippen molar-refractivity contribution in [2.75, 3.05) is 10.6 Å². The van der Waals surface area contributed by atoms with Crippen LogP contribution in [0.4, 0.5) is 22.7 Å². The number of nitrogens with one attached hydrogen (secondary N) is 3. The van der Waals surface area contributed by atoms with Gasteiger partial charge in [0.05, 0.1) is 11.4 Å². The summed E-state index contributed by atoms with van der Waals surface area (Å²) in [6.07, 6.45) is 0. The number of rotatable bonds is 7. The predicted octanol–water partition coefficient (Wildman–Crippen LogP) is 7.14. The normalized spacial score (nSPS) is 10.6. The first kappa shape index (κ1) is 20.8. The van der Waals surface area contributed by atoms with Crippen molar-refractivity contribution in [2.45, 2.75) is 6.61 Å². The van der Waals surface area contributed by atoms with Gasteiger partial charge >= 0.3 is 0 Å². The number of azo groups is 1. The van der Waals surface area contributed by atoms with Crippen molar-refractivity contribution >= 4 is 28.7 Å². The summed E-state index contributed by atoms with van der Waals surface area (Å²) in [5.74, 6) is 0.892. The van der Waals surface area contributed by atoms with Crippen LogP contribution in [-0.4, -0.2) is 5.96 Å². The topological polar surface area (TPSA) is 81.9 Å². The van der Waals surface area contributed by atoms with Crippen LogP contribution in [0.5, 0.6) is 5.75 Å². The van der Waals surface area contributed by atoms with Crippen molar-refractivity contribution in [2.24, 2.45) is 10.2 Å². The van der Waals surface area contributed by atoms with Crippen LogP contribution in [-0.2, 0) is 6.61 Å². The van der Waals surface area contributed by atoms with E-state index in [1.54, 1.807) is 0 Å². The van der Waals surface area contributed by atoms with Crippen LogP contribution in [0.3, 0.4) is 0 Å². The Balaban J connectivity index is 1.30. The highest BCUT2D eigenvalue weighted by Crippen LogP contribution is 2.21.